The molecule has 2 N–H and O–H groups in total. The molecule has 1 atom stereocenters. The van der Waals surface area contributed by atoms with Crippen molar-refractivity contribution in [2.24, 2.45) is 0 Å². The van der Waals surface area contributed by atoms with Crippen LogP contribution in [-0.4, -0.2) is 35.9 Å². The van der Waals surface area contributed by atoms with Crippen LogP contribution < -0.4 is 5.32 Å². The Morgan fingerprint density at radius 1 is 1.29 bits per heavy atom. The molecule has 0 bridgehead atoms. The highest BCUT2D eigenvalue weighted by Crippen LogP contribution is 2.41. The Labute approximate surface area is 103 Å². The SMILES string of the molecule is O=C(O)CCNCC1CCC2(CCCCC2)O1. The van der Waals surface area contributed by atoms with Crippen LogP contribution in [0.5, 0.6) is 0 Å². The third kappa shape index (κ3) is 3.68. The highest BCUT2D eigenvalue weighted by Gasteiger charge is 2.40. The number of carboxylic acids is 1. The van der Waals surface area contributed by atoms with E-state index in [4.69, 9.17) is 9.84 Å². The summed E-state index contributed by atoms with van der Waals surface area (Å²) >= 11 is 0. The van der Waals surface area contributed by atoms with Crippen molar-refractivity contribution in [1.29, 1.82) is 0 Å². The molecule has 1 saturated carbocycles. The van der Waals surface area contributed by atoms with Crippen LogP contribution in [0, 0.1) is 0 Å². The maximum Gasteiger partial charge on any atom is 0.304 e. The molecule has 0 aromatic rings. The Bertz CT molecular complexity index is 261. The summed E-state index contributed by atoms with van der Waals surface area (Å²) in [6.45, 7) is 1.34. The summed E-state index contributed by atoms with van der Waals surface area (Å²) in [7, 11) is 0. The predicted octanol–water partition coefficient (Wildman–Crippen LogP) is 1.93. The van der Waals surface area contributed by atoms with Gasteiger partial charge in [0.1, 0.15) is 0 Å². The van der Waals surface area contributed by atoms with E-state index in [0.29, 0.717) is 12.6 Å². The van der Waals surface area contributed by atoms with Crippen molar-refractivity contribution in [2.45, 2.75) is 63.1 Å². The van der Waals surface area contributed by atoms with Crippen LogP contribution in [0.4, 0.5) is 0 Å². The van der Waals surface area contributed by atoms with E-state index in [2.05, 4.69) is 5.32 Å². The summed E-state index contributed by atoms with van der Waals surface area (Å²) < 4.78 is 6.19. The second-order valence-electron chi connectivity index (χ2n) is 5.37. The third-order valence-corrected chi connectivity index (χ3v) is 3.99. The Kier molecular flexibility index (Phi) is 4.40. The molecule has 2 fully saturated rings. The lowest BCUT2D eigenvalue weighted by atomic mass is 9.83. The largest absolute Gasteiger partial charge is 0.481 e. The monoisotopic (exact) mass is 241 g/mol. The molecule has 4 heteroatoms. The number of carboxylic acid groups (broad SMARTS) is 1. The van der Waals surface area contributed by atoms with Gasteiger partial charge in [0.2, 0.25) is 0 Å². The van der Waals surface area contributed by atoms with Gasteiger partial charge < -0.3 is 15.2 Å². The van der Waals surface area contributed by atoms with Gasteiger partial charge in [-0.1, -0.05) is 19.3 Å². The standard InChI is InChI=1S/C13H23NO3/c15-12(16)5-9-14-10-11-4-8-13(17-11)6-2-1-3-7-13/h11,14H,1-10H2,(H,15,16). The summed E-state index contributed by atoms with van der Waals surface area (Å²) in [6, 6.07) is 0. The van der Waals surface area contributed by atoms with Gasteiger partial charge in [-0.2, -0.15) is 0 Å². The highest BCUT2D eigenvalue weighted by atomic mass is 16.5. The normalized spacial score (nSPS) is 27.4. The van der Waals surface area contributed by atoms with Gasteiger partial charge in [-0.15, -0.1) is 0 Å². The molecule has 1 aliphatic heterocycles. The van der Waals surface area contributed by atoms with Crippen molar-refractivity contribution in [3.63, 3.8) is 0 Å². The van der Waals surface area contributed by atoms with E-state index >= 15 is 0 Å². The minimum atomic E-state index is -0.742. The van der Waals surface area contributed by atoms with Crippen molar-refractivity contribution in [2.75, 3.05) is 13.1 Å². The minimum Gasteiger partial charge on any atom is -0.481 e. The molecular formula is C13H23NO3. The molecule has 0 radical (unpaired) electrons. The maximum atomic E-state index is 10.4. The Balaban J connectivity index is 1.65. The van der Waals surface area contributed by atoms with E-state index in [-0.39, 0.29) is 12.0 Å². The van der Waals surface area contributed by atoms with E-state index in [1.54, 1.807) is 0 Å². The molecule has 98 valence electrons. The first-order valence-corrected chi connectivity index (χ1v) is 6.81. The quantitative estimate of drug-likeness (QED) is 0.722. The van der Waals surface area contributed by atoms with Crippen LogP contribution in [0.15, 0.2) is 0 Å². The third-order valence-electron chi connectivity index (χ3n) is 3.99. The number of hydrogen-bond acceptors (Lipinski definition) is 3. The topological polar surface area (TPSA) is 58.6 Å². The molecule has 1 spiro atoms. The highest BCUT2D eigenvalue weighted by molar-refractivity contribution is 5.66. The smallest absolute Gasteiger partial charge is 0.304 e. The molecule has 0 aromatic heterocycles. The Hall–Kier alpha value is -0.610. The van der Waals surface area contributed by atoms with Crippen molar-refractivity contribution in [3.05, 3.63) is 0 Å². The van der Waals surface area contributed by atoms with E-state index in [1.807, 2.05) is 0 Å². The van der Waals surface area contributed by atoms with Gasteiger partial charge in [-0.3, -0.25) is 4.79 Å². The number of hydrogen-bond donors (Lipinski definition) is 2. The van der Waals surface area contributed by atoms with Gasteiger partial charge in [0.15, 0.2) is 0 Å². The van der Waals surface area contributed by atoms with Crippen LogP contribution in [0.3, 0.4) is 0 Å². The average Bonchev–Trinajstić information content (AvgIpc) is 2.69. The number of aliphatic carboxylic acids is 1. The summed E-state index contributed by atoms with van der Waals surface area (Å²) in [5.74, 6) is -0.742. The number of rotatable bonds is 5. The zero-order valence-electron chi connectivity index (χ0n) is 10.4. The van der Waals surface area contributed by atoms with Gasteiger partial charge in [-0.25, -0.2) is 0 Å². The molecule has 0 amide bonds. The average molecular weight is 241 g/mol. The predicted molar refractivity (Wildman–Crippen MR) is 65.0 cm³/mol. The van der Waals surface area contributed by atoms with Crippen LogP contribution in [0.1, 0.15) is 51.4 Å². The zero-order chi connectivity index (χ0) is 12.1. The second-order valence-corrected chi connectivity index (χ2v) is 5.37. The van der Waals surface area contributed by atoms with E-state index < -0.39 is 5.97 Å². The molecule has 1 saturated heterocycles. The lowest BCUT2D eigenvalue weighted by Gasteiger charge is -2.33. The van der Waals surface area contributed by atoms with Crippen molar-refractivity contribution in [3.8, 4) is 0 Å². The first kappa shape index (κ1) is 12.8. The van der Waals surface area contributed by atoms with E-state index in [1.165, 1.54) is 38.5 Å². The van der Waals surface area contributed by atoms with Crippen molar-refractivity contribution >= 4 is 5.97 Å². The molecule has 0 aromatic carbocycles. The molecule has 2 aliphatic rings. The fraction of sp³-hybridized carbons (Fsp3) is 0.923. The number of nitrogens with one attached hydrogen (secondary N) is 1. The van der Waals surface area contributed by atoms with E-state index in [9.17, 15) is 4.79 Å². The lowest BCUT2D eigenvalue weighted by molar-refractivity contribution is -0.136. The number of carbonyl (C=O) groups is 1. The van der Waals surface area contributed by atoms with Crippen molar-refractivity contribution in [1.82, 2.24) is 5.32 Å². The summed E-state index contributed by atoms with van der Waals surface area (Å²) in [5.41, 5.74) is 0.178. The molecule has 4 nitrogen and oxygen atoms in total. The Morgan fingerprint density at radius 2 is 2.06 bits per heavy atom. The summed E-state index contributed by atoms with van der Waals surface area (Å²) in [6.07, 6.45) is 9.21. The minimum absolute atomic E-state index is 0.178. The fourth-order valence-corrected chi connectivity index (χ4v) is 3.06. The zero-order valence-corrected chi connectivity index (χ0v) is 10.4. The lowest BCUT2D eigenvalue weighted by Crippen LogP contribution is -2.35. The van der Waals surface area contributed by atoms with Gasteiger partial charge in [0.25, 0.3) is 0 Å². The first-order valence-electron chi connectivity index (χ1n) is 6.81. The molecule has 1 heterocycles. The van der Waals surface area contributed by atoms with Gasteiger partial charge in [0.05, 0.1) is 18.1 Å². The van der Waals surface area contributed by atoms with Crippen molar-refractivity contribution < 1.29 is 14.6 Å². The maximum absolute atomic E-state index is 10.4. The molecule has 17 heavy (non-hydrogen) atoms. The molecule has 2 rings (SSSR count). The van der Waals surface area contributed by atoms with E-state index in [0.717, 1.165) is 13.0 Å². The van der Waals surface area contributed by atoms with Crippen LogP contribution in [0.2, 0.25) is 0 Å². The molecular weight excluding hydrogens is 218 g/mol. The molecule has 1 aliphatic carbocycles. The van der Waals surface area contributed by atoms with Gasteiger partial charge >= 0.3 is 5.97 Å². The number of ether oxygens (including phenoxy) is 1. The van der Waals surface area contributed by atoms with Gasteiger partial charge in [0, 0.05) is 13.1 Å². The van der Waals surface area contributed by atoms with Crippen LogP contribution in [0.25, 0.3) is 0 Å². The fourth-order valence-electron chi connectivity index (χ4n) is 3.06. The summed E-state index contributed by atoms with van der Waals surface area (Å²) in [5, 5.41) is 11.7. The van der Waals surface area contributed by atoms with Crippen LogP contribution in [-0.2, 0) is 9.53 Å². The van der Waals surface area contributed by atoms with Crippen LogP contribution >= 0.6 is 0 Å². The second kappa shape index (κ2) is 5.83. The molecule has 1 unspecified atom stereocenters. The first-order chi connectivity index (χ1) is 8.20. The van der Waals surface area contributed by atoms with Gasteiger partial charge in [-0.05, 0) is 25.7 Å². The summed E-state index contributed by atoms with van der Waals surface area (Å²) in [4.78, 5) is 10.4. The Morgan fingerprint density at radius 3 is 2.76 bits per heavy atom.